The number of carboxylic acids is 5. The van der Waals surface area contributed by atoms with Gasteiger partial charge in [-0.25, -0.2) is 0 Å². The highest BCUT2D eigenvalue weighted by Gasteiger charge is 2.65. The Hall–Kier alpha value is -4.77. The number of ether oxygens (including phenoxy) is 1. The molecule has 10 N–H and O–H groups in total. The second-order valence-corrected chi connectivity index (χ2v) is 20.5. The molecule has 21 nitrogen and oxygen atoms in total. The van der Waals surface area contributed by atoms with Crippen LogP contribution in [0.2, 0.25) is 0 Å². The highest BCUT2D eigenvalue weighted by Crippen LogP contribution is 2.68. The molecule has 5 rings (SSSR count). The lowest BCUT2D eigenvalue weighted by atomic mass is 9.43. The maximum Gasteiger partial charge on any atom is 0.323 e. The van der Waals surface area contributed by atoms with Gasteiger partial charge in [-0.2, -0.15) is 0 Å². The molecular formula is C48H73N5O16. The van der Waals surface area contributed by atoms with Crippen molar-refractivity contribution in [1.82, 2.24) is 20.0 Å². The average Bonchev–Trinajstić information content (AvgIpc) is 3.63. The summed E-state index contributed by atoms with van der Waals surface area (Å²) in [7, 11) is 0. The Morgan fingerprint density at radius 1 is 0.739 bits per heavy atom. The van der Waals surface area contributed by atoms with Gasteiger partial charge in [0, 0.05) is 38.3 Å². The quantitative estimate of drug-likeness (QED) is 0.0595. The number of fused-ring (bicyclic) bond motifs is 5. The maximum absolute atomic E-state index is 13.0. The molecule has 386 valence electrons. The number of nitrogens with zero attached hydrogens (tertiary/aromatic N) is 3. The third-order valence-electron chi connectivity index (χ3n) is 16.2. The van der Waals surface area contributed by atoms with Crippen LogP contribution < -0.4 is 10.6 Å². The molecule has 0 saturated heterocycles. The van der Waals surface area contributed by atoms with Gasteiger partial charge in [-0.05, 0) is 115 Å². The summed E-state index contributed by atoms with van der Waals surface area (Å²) in [5, 5.41) is 86.5. The molecule has 1 aromatic carbocycles. The van der Waals surface area contributed by atoms with E-state index < -0.39 is 86.8 Å². The number of aliphatic hydroxyl groups is 3. The van der Waals surface area contributed by atoms with E-state index in [0.717, 1.165) is 35.5 Å². The lowest BCUT2D eigenvalue weighted by Gasteiger charge is -2.63. The van der Waals surface area contributed by atoms with Gasteiger partial charge in [0.1, 0.15) is 6.04 Å². The second-order valence-electron chi connectivity index (χ2n) is 20.5. The number of rotatable bonds is 27. The zero-order valence-corrected chi connectivity index (χ0v) is 39.9. The molecule has 4 fully saturated rings. The Bertz CT molecular complexity index is 1960. The van der Waals surface area contributed by atoms with Crippen molar-refractivity contribution in [3.63, 3.8) is 0 Å². The van der Waals surface area contributed by atoms with Crippen LogP contribution in [0.25, 0.3) is 0 Å². The molecule has 4 aliphatic rings. The summed E-state index contributed by atoms with van der Waals surface area (Å²) in [5.41, 5.74) is 0.618. The van der Waals surface area contributed by atoms with Crippen LogP contribution in [-0.4, -0.2) is 187 Å². The number of hydrogen-bond acceptors (Lipinski definition) is 14. The first-order valence-electron chi connectivity index (χ1n) is 24.1. The minimum absolute atomic E-state index is 0.0124. The topological polar surface area (TPSA) is 324 Å². The summed E-state index contributed by atoms with van der Waals surface area (Å²) in [4.78, 5) is 87.2. The Kier molecular flexibility index (Phi) is 19.5. The first-order valence-corrected chi connectivity index (χ1v) is 24.1. The summed E-state index contributed by atoms with van der Waals surface area (Å²) in [6.07, 6.45) is 5.00. The molecule has 5 unspecified atom stereocenters. The fourth-order valence-electron chi connectivity index (χ4n) is 12.6. The number of nitrogens with one attached hydrogen (secondary N) is 2. The van der Waals surface area contributed by atoms with Crippen molar-refractivity contribution in [2.45, 2.75) is 110 Å². The lowest BCUT2D eigenvalue weighted by Crippen LogP contribution is -2.62. The zero-order valence-electron chi connectivity index (χ0n) is 39.9. The second kappa shape index (κ2) is 24.4. The number of hydrogen-bond donors (Lipinski definition) is 10. The van der Waals surface area contributed by atoms with Gasteiger partial charge in [0.25, 0.3) is 0 Å². The van der Waals surface area contributed by atoms with Crippen LogP contribution in [0.3, 0.4) is 0 Å². The Balaban J connectivity index is 1.05. The van der Waals surface area contributed by atoms with Crippen molar-refractivity contribution >= 4 is 47.3 Å². The molecule has 2 amide bonds. The molecule has 0 heterocycles. The molecular weight excluding hydrogens is 903 g/mol. The van der Waals surface area contributed by atoms with E-state index in [-0.39, 0.29) is 104 Å². The fraction of sp³-hybridized carbons (Fsp3) is 0.729. The zero-order chi connectivity index (χ0) is 50.8. The molecule has 12 atom stereocenters. The van der Waals surface area contributed by atoms with E-state index in [9.17, 15) is 64.2 Å². The third-order valence-corrected chi connectivity index (χ3v) is 16.2. The van der Waals surface area contributed by atoms with Crippen LogP contribution in [0.1, 0.15) is 84.1 Å². The molecule has 0 spiro atoms. The van der Waals surface area contributed by atoms with Gasteiger partial charge in [0.05, 0.1) is 64.2 Å². The van der Waals surface area contributed by atoms with Crippen molar-refractivity contribution in [3.05, 3.63) is 29.8 Å². The van der Waals surface area contributed by atoms with E-state index in [1.165, 1.54) is 4.90 Å². The van der Waals surface area contributed by atoms with E-state index in [1.807, 2.05) is 0 Å². The predicted octanol–water partition coefficient (Wildman–Crippen LogP) is 1.33. The van der Waals surface area contributed by atoms with Crippen LogP contribution >= 0.6 is 0 Å². The van der Waals surface area contributed by atoms with E-state index in [1.54, 1.807) is 24.3 Å². The lowest BCUT2D eigenvalue weighted by molar-refractivity contribution is -0.207. The molecule has 4 aliphatic carbocycles. The molecule has 0 aliphatic heterocycles. The molecule has 0 bridgehead atoms. The Morgan fingerprint density at radius 2 is 1.35 bits per heavy atom. The predicted molar refractivity (Wildman–Crippen MR) is 247 cm³/mol. The number of anilines is 1. The smallest absolute Gasteiger partial charge is 0.323 e. The first-order chi connectivity index (χ1) is 32.5. The molecule has 4 saturated carbocycles. The van der Waals surface area contributed by atoms with Gasteiger partial charge in [-0.3, -0.25) is 48.3 Å². The Morgan fingerprint density at radius 3 is 1.97 bits per heavy atom. The SMILES string of the molecule is C[C@H](CCC(=O)NCC(=O)Nc1ccc(COCC(C(=O)O)N(CCN(CCN(CC(=O)O)CC(=O)O)CC(=O)O)CC(=O)O)cc1)[C@H]1CCC2C3C(O)C[C@@H]4C[C@H](O)CC[C@]4(C)C3C[C@H](O)[C@@]21C. The summed E-state index contributed by atoms with van der Waals surface area (Å²) in [6.45, 7) is 2.65. The van der Waals surface area contributed by atoms with Gasteiger partial charge in [-0.15, -0.1) is 0 Å². The minimum Gasteiger partial charge on any atom is -0.480 e. The summed E-state index contributed by atoms with van der Waals surface area (Å²) >= 11 is 0. The summed E-state index contributed by atoms with van der Waals surface area (Å²) in [5.74, 6) is -6.31. The van der Waals surface area contributed by atoms with Crippen molar-refractivity contribution in [2.24, 2.45) is 46.3 Å². The van der Waals surface area contributed by atoms with E-state index in [4.69, 9.17) is 14.9 Å². The number of aliphatic hydroxyl groups excluding tert-OH is 3. The monoisotopic (exact) mass is 976 g/mol. The van der Waals surface area contributed by atoms with E-state index in [2.05, 4.69) is 31.4 Å². The van der Waals surface area contributed by atoms with Crippen LogP contribution in [0.4, 0.5) is 5.69 Å². The number of carboxylic acid groups (broad SMARTS) is 5. The third kappa shape index (κ3) is 14.4. The minimum atomic E-state index is -1.46. The van der Waals surface area contributed by atoms with Gasteiger partial charge in [-0.1, -0.05) is 32.9 Å². The maximum atomic E-state index is 13.0. The van der Waals surface area contributed by atoms with E-state index >= 15 is 0 Å². The molecule has 1 aromatic rings. The Labute approximate surface area is 402 Å². The number of benzene rings is 1. The highest BCUT2D eigenvalue weighted by atomic mass is 16.5. The molecule has 0 aromatic heterocycles. The normalized spacial score (nSPS) is 29.3. The van der Waals surface area contributed by atoms with Crippen LogP contribution in [0.5, 0.6) is 0 Å². The highest BCUT2D eigenvalue weighted by molar-refractivity contribution is 5.94. The average molecular weight is 976 g/mol. The van der Waals surface area contributed by atoms with E-state index in [0.29, 0.717) is 36.9 Å². The largest absolute Gasteiger partial charge is 0.480 e. The van der Waals surface area contributed by atoms with Gasteiger partial charge >= 0.3 is 29.8 Å². The van der Waals surface area contributed by atoms with Crippen molar-refractivity contribution in [1.29, 1.82) is 0 Å². The number of carbonyl (C=O) groups excluding carboxylic acids is 2. The first kappa shape index (κ1) is 55.2. The van der Waals surface area contributed by atoms with Crippen LogP contribution in [-0.2, 0) is 44.9 Å². The standard InChI is InChI=1S/C48H73N5O16/c1-28(33-9-10-34-45-35(20-38(56)48(33,34)3)47(2)13-12-32(54)18-30(47)19-37(45)55)4-11-39(57)49-21-40(58)50-31-7-5-29(6-8-31)26-69-27-36(46(67)68)53(25-44(65)66)17-16-51(22-41(59)60)14-15-52(23-42(61)62)24-43(63)64/h5-8,28,30,32-38,45,54-56H,4,9-27H2,1-3H3,(H,49,57)(H,50,58)(H,59,60)(H,61,62)(H,63,64)(H,65,66)(H,67,68)/t28-,30+,32-,33-,34?,35?,36?,37?,38+,45?,47+,48-/m1/s1. The van der Waals surface area contributed by atoms with Gasteiger partial charge in [0.15, 0.2) is 0 Å². The number of carbonyl (C=O) groups is 7. The molecule has 69 heavy (non-hydrogen) atoms. The van der Waals surface area contributed by atoms with Gasteiger partial charge < -0.3 is 56.2 Å². The fourth-order valence-corrected chi connectivity index (χ4v) is 12.6. The molecule has 0 radical (unpaired) electrons. The van der Waals surface area contributed by atoms with Crippen molar-refractivity contribution in [2.75, 3.05) is 70.8 Å². The summed E-state index contributed by atoms with van der Waals surface area (Å²) in [6, 6.07) is 4.99. The number of amides is 2. The summed E-state index contributed by atoms with van der Waals surface area (Å²) < 4.78 is 5.67. The number of aliphatic carboxylic acids is 5. The van der Waals surface area contributed by atoms with Crippen molar-refractivity contribution in [3.8, 4) is 0 Å². The van der Waals surface area contributed by atoms with Crippen LogP contribution in [0.15, 0.2) is 24.3 Å². The van der Waals surface area contributed by atoms with Crippen LogP contribution in [0, 0.1) is 46.3 Å². The van der Waals surface area contributed by atoms with Gasteiger partial charge in [0.2, 0.25) is 11.8 Å². The van der Waals surface area contributed by atoms with Crippen molar-refractivity contribution < 1.29 is 79.2 Å². The molecule has 21 heteroatoms.